The highest BCUT2D eigenvalue weighted by molar-refractivity contribution is 5.53. The fourth-order valence-corrected chi connectivity index (χ4v) is 1.86. The minimum Gasteiger partial charge on any atom is -0.398 e. The van der Waals surface area contributed by atoms with Gasteiger partial charge < -0.3 is 5.73 Å². The van der Waals surface area contributed by atoms with Crippen molar-refractivity contribution in [3.63, 3.8) is 0 Å². The molecule has 1 heterocycles. The molecule has 0 bridgehead atoms. The van der Waals surface area contributed by atoms with Crippen molar-refractivity contribution in [3.05, 3.63) is 54.1 Å². The molecule has 2 aromatic rings. The Morgan fingerprint density at radius 3 is 2.50 bits per heavy atom. The summed E-state index contributed by atoms with van der Waals surface area (Å²) >= 11 is 0. The van der Waals surface area contributed by atoms with Gasteiger partial charge in [0, 0.05) is 17.3 Å². The van der Waals surface area contributed by atoms with Crippen molar-refractivity contribution < 1.29 is 0 Å². The number of hydrogen-bond donors (Lipinski definition) is 1. The zero-order chi connectivity index (χ0) is 11.6. The molecule has 0 aliphatic heterocycles. The summed E-state index contributed by atoms with van der Waals surface area (Å²) < 4.78 is 0. The molecular formula is C13H15N3. The molecule has 2 N–H and O–H groups in total. The van der Waals surface area contributed by atoms with Gasteiger partial charge in [0.05, 0.1) is 5.69 Å². The van der Waals surface area contributed by atoms with Crippen molar-refractivity contribution in [2.75, 3.05) is 5.73 Å². The van der Waals surface area contributed by atoms with E-state index in [-0.39, 0.29) is 5.41 Å². The first kappa shape index (κ1) is 10.6. The maximum absolute atomic E-state index is 6.00. The summed E-state index contributed by atoms with van der Waals surface area (Å²) in [5, 5.41) is 0. The normalized spacial score (nSPS) is 11.4. The van der Waals surface area contributed by atoms with Crippen LogP contribution in [0.2, 0.25) is 0 Å². The van der Waals surface area contributed by atoms with Crippen molar-refractivity contribution in [1.82, 2.24) is 9.97 Å². The number of hydrogen-bond acceptors (Lipinski definition) is 3. The predicted octanol–water partition coefficient (Wildman–Crippen LogP) is 2.38. The van der Waals surface area contributed by atoms with Crippen LogP contribution in [0.15, 0.2) is 42.9 Å². The highest BCUT2D eigenvalue weighted by Crippen LogP contribution is 2.33. The first-order valence-corrected chi connectivity index (χ1v) is 5.24. The van der Waals surface area contributed by atoms with Crippen molar-refractivity contribution >= 4 is 5.69 Å². The van der Waals surface area contributed by atoms with Crippen LogP contribution in [0.4, 0.5) is 5.69 Å². The van der Waals surface area contributed by atoms with E-state index in [9.17, 15) is 0 Å². The van der Waals surface area contributed by atoms with E-state index in [4.69, 9.17) is 5.73 Å². The number of anilines is 1. The van der Waals surface area contributed by atoms with Gasteiger partial charge >= 0.3 is 0 Å². The van der Waals surface area contributed by atoms with E-state index in [1.165, 1.54) is 0 Å². The van der Waals surface area contributed by atoms with Crippen molar-refractivity contribution in [3.8, 4) is 0 Å². The molecule has 82 valence electrons. The zero-order valence-electron chi connectivity index (χ0n) is 9.51. The van der Waals surface area contributed by atoms with Crippen molar-refractivity contribution in [2.24, 2.45) is 0 Å². The molecule has 0 radical (unpaired) electrons. The average Bonchev–Trinajstić information content (AvgIpc) is 2.30. The number of aromatic nitrogens is 2. The highest BCUT2D eigenvalue weighted by atomic mass is 14.8. The Morgan fingerprint density at radius 1 is 1.12 bits per heavy atom. The number of nitrogen functional groups attached to an aromatic ring is 1. The van der Waals surface area contributed by atoms with Crippen LogP contribution < -0.4 is 5.73 Å². The van der Waals surface area contributed by atoms with Crippen LogP contribution in [0.5, 0.6) is 0 Å². The van der Waals surface area contributed by atoms with Crippen LogP contribution in [0.3, 0.4) is 0 Å². The van der Waals surface area contributed by atoms with E-state index in [0.717, 1.165) is 16.9 Å². The molecule has 0 atom stereocenters. The van der Waals surface area contributed by atoms with Crippen LogP contribution in [0.25, 0.3) is 0 Å². The minimum atomic E-state index is -0.200. The lowest BCUT2D eigenvalue weighted by Gasteiger charge is -2.25. The van der Waals surface area contributed by atoms with Gasteiger partial charge in [0.1, 0.15) is 6.33 Å². The second kappa shape index (κ2) is 3.93. The topological polar surface area (TPSA) is 51.8 Å². The summed E-state index contributed by atoms with van der Waals surface area (Å²) in [6.45, 7) is 4.22. The Bertz CT molecular complexity index is 478. The summed E-state index contributed by atoms with van der Waals surface area (Å²) in [5.41, 5.74) is 8.66. The molecule has 0 aliphatic carbocycles. The number of rotatable bonds is 2. The molecule has 2 rings (SSSR count). The Hall–Kier alpha value is -1.90. The highest BCUT2D eigenvalue weighted by Gasteiger charge is 2.26. The van der Waals surface area contributed by atoms with Gasteiger partial charge in [-0.25, -0.2) is 9.97 Å². The quantitative estimate of drug-likeness (QED) is 0.779. The second-order valence-corrected chi connectivity index (χ2v) is 4.31. The van der Waals surface area contributed by atoms with E-state index in [2.05, 4.69) is 23.8 Å². The lowest BCUT2D eigenvalue weighted by Crippen LogP contribution is -2.22. The summed E-state index contributed by atoms with van der Waals surface area (Å²) in [6.07, 6.45) is 3.32. The maximum atomic E-state index is 6.00. The van der Waals surface area contributed by atoms with Gasteiger partial charge in [-0.2, -0.15) is 0 Å². The monoisotopic (exact) mass is 213 g/mol. The summed E-state index contributed by atoms with van der Waals surface area (Å²) in [6, 6.07) is 9.81. The molecule has 0 unspecified atom stereocenters. The minimum absolute atomic E-state index is 0.200. The predicted molar refractivity (Wildman–Crippen MR) is 65.0 cm³/mol. The third kappa shape index (κ3) is 1.76. The first-order valence-electron chi connectivity index (χ1n) is 5.24. The summed E-state index contributed by atoms with van der Waals surface area (Å²) in [5.74, 6) is 0. The fourth-order valence-electron chi connectivity index (χ4n) is 1.86. The number of nitrogens with zero attached hydrogens (tertiary/aromatic N) is 2. The Labute approximate surface area is 95.4 Å². The maximum Gasteiger partial charge on any atom is 0.115 e. The average molecular weight is 213 g/mol. The number of para-hydroxylation sites is 1. The molecule has 0 saturated carbocycles. The van der Waals surface area contributed by atoms with Gasteiger partial charge in [-0.3, -0.25) is 0 Å². The molecule has 16 heavy (non-hydrogen) atoms. The second-order valence-electron chi connectivity index (χ2n) is 4.31. The van der Waals surface area contributed by atoms with Crippen molar-refractivity contribution in [2.45, 2.75) is 19.3 Å². The molecule has 0 spiro atoms. The summed E-state index contributed by atoms with van der Waals surface area (Å²) in [4.78, 5) is 8.23. The summed E-state index contributed by atoms with van der Waals surface area (Å²) in [7, 11) is 0. The standard InChI is InChI=1S/C13H15N3/c1-13(2,12-7-8-15-9-16-12)10-5-3-4-6-11(10)14/h3-9H,14H2,1-2H3. The molecule has 3 heteroatoms. The van der Waals surface area contributed by atoms with E-state index in [1.807, 2.05) is 30.3 Å². The lowest BCUT2D eigenvalue weighted by atomic mass is 9.80. The van der Waals surface area contributed by atoms with Crippen LogP contribution in [-0.2, 0) is 5.41 Å². The molecule has 0 fully saturated rings. The first-order chi connectivity index (χ1) is 7.62. The largest absolute Gasteiger partial charge is 0.398 e. The van der Waals surface area contributed by atoms with Crippen LogP contribution in [0, 0.1) is 0 Å². The molecule has 0 saturated heterocycles. The third-order valence-electron chi connectivity index (χ3n) is 2.86. The third-order valence-corrected chi connectivity index (χ3v) is 2.86. The molecule has 0 amide bonds. The van der Waals surface area contributed by atoms with Crippen LogP contribution in [-0.4, -0.2) is 9.97 Å². The Balaban J connectivity index is 2.51. The molecule has 1 aromatic carbocycles. The molecule has 1 aromatic heterocycles. The number of benzene rings is 1. The SMILES string of the molecule is CC(C)(c1ccncn1)c1ccccc1N. The van der Waals surface area contributed by atoms with E-state index < -0.39 is 0 Å². The van der Waals surface area contributed by atoms with Gasteiger partial charge in [0.2, 0.25) is 0 Å². The number of nitrogens with two attached hydrogens (primary N) is 1. The zero-order valence-corrected chi connectivity index (χ0v) is 9.51. The van der Waals surface area contributed by atoms with Crippen LogP contribution >= 0.6 is 0 Å². The van der Waals surface area contributed by atoms with Gasteiger partial charge in [-0.1, -0.05) is 32.0 Å². The van der Waals surface area contributed by atoms with E-state index in [1.54, 1.807) is 12.5 Å². The molecular weight excluding hydrogens is 198 g/mol. The van der Waals surface area contributed by atoms with Crippen molar-refractivity contribution in [1.29, 1.82) is 0 Å². The Morgan fingerprint density at radius 2 is 1.88 bits per heavy atom. The van der Waals surface area contributed by atoms with Gasteiger partial charge in [0.25, 0.3) is 0 Å². The van der Waals surface area contributed by atoms with E-state index >= 15 is 0 Å². The smallest absolute Gasteiger partial charge is 0.115 e. The molecule has 3 nitrogen and oxygen atoms in total. The Kier molecular flexibility index (Phi) is 2.60. The lowest BCUT2D eigenvalue weighted by molar-refractivity contribution is 0.616. The van der Waals surface area contributed by atoms with Gasteiger partial charge in [-0.05, 0) is 17.7 Å². The molecule has 0 aliphatic rings. The van der Waals surface area contributed by atoms with Gasteiger partial charge in [0.15, 0.2) is 0 Å². The van der Waals surface area contributed by atoms with E-state index in [0.29, 0.717) is 0 Å². The fraction of sp³-hybridized carbons (Fsp3) is 0.231. The van der Waals surface area contributed by atoms with Gasteiger partial charge in [-0.15, -0.1) is 0 Å². The van der Waals surface area contributed by atoms with Crippen LogP contribution in [0.1, 0.15) is 25.1 Å².